The summed E-state index contributed by atoms with van der Waals surface area (Å²) >= 11 is 5.65. The molecule has 0 saturated heterocycles. The van der Waals surface area contributed by atoms with E-state index in [9.17, 15) is 32.3 Å². The number of aliphatic hydroxyl groups excluding tert-OH is 1. The van der Waals surface area contributed by atoms with E-state index < -0.39 is 42.3 Å². The smallest absolute Gasteiger partial charge is 0.484 e. The molecule has 178 valence electrons. The number of halogens is 5. The molecule has 0 spiro atoms. The predicted octanol–water partition coefficient (Wildman–Crippen LogP) is 2.69. The summed E-state index contributed by atoms with van der Waals surface area (Å²) in [4.78, 5) is 24.4. The second kappa shape index (κ2) is 10.2. The molecule has 0 bridgehead atoms. The van der Waals surface area contributed by atoms with Gasteiger partial charge < -0.3 is 20.5 Å². The van der Waals surface area contributed by atoms with Crippen molar-refractivity contribution >= 4 is 23.4 Å². The molecule has 3 N–H and O–H groups in total. The molecule has 3 atom stereocenters. The second-order valence-corrected chi connectivity index (χ2v) is 8.39. The van der Waals surface area contributed by atoms with Crippen molar-refractivity contribution in [1.29, 1.82) is 0 Å². The van der Waals surface area contributed by atoms with E-state index in [0.29, 0.717) is 12.8 Å². The molecule has 0 heterocycles. The highest BCUT2D eigenvalue weighted by molar-refractivity contribution is 6.30. The van der Waals surface area contributed by atoms with Crippen molar-refractivity contribution in [1.82, 2.24) is 10.6 Å². The largest absolute Gasteiger partial charge is 0.522 e. The van der Waals surface area contributed by atoms with Crippen LogP contribution in [0.5, 0.6) is 5.75 Å². The molecule has 32 heavy (non-hydrogen) atoms. The highest BCUT2D eigenvalue weighted by Crippen LogP contribution is 2.31. The molecule has 0 aromatic heterocycles. The van der Waals surface area contributed by atoms with Gasteiger partial charge in [-0.15, -0.1) is 13.2 Å². The van der Waals surface area contributed by atoms with Crippen LogP contribution in [-0.2, 0) is 14.3 Å². The first kappa shape index (κ1) is 24.5. The SMILES string of the molecule is O=C(COc1ccc(F)c(Cl)c1)N[C@H]1CC[C@H](C(=O)NC2CC(OC(F)(F)F)C2)C[C@@H]1O. The van der Waals surface area contributed by atoms with Gasteiger partial charge in [-0.25, -0.2) is 4.39 Å². The quantitative estimate of drug-likeness (QED) is 0.519. The number of nitrogens with one attached hydrogen (secondary N) is 2. The van der Waals surface area contributed by atoms with E-state index in [1.165, 1.54) is 12.1 Å². The fourth-order valence-electron chi connectivity index (χ4n) is 3.80. The van der Waals surface area contributed by atoms with Crippen molar-refractivity contribution in [3.63, 3.8) is 0 Å². The van der Waals surface area contributed by atoms with E-state index in [4.69, 9.17) is 16.3 Å². The number of alkyl halides is 3. The van der Waals surface area contributed by atoms with Gasteiger partial charge in [0, 0.05) is 18.0 Å². The Kier molecular flexibility index (Phi) is 7.84. The minimum Gasteiger partial charge on any atom is -0.484 e. The summed E-state index contributed by atoms with van der Waals surface area (Å²) in [5.74, 6) is -1.73. The molecule has 2 aliphatic carbocycles. The number of ether oxygens (including phenoxy) is 2. The van der Waals surface area contributed by atoms with Gasteiger partial charge in [0.25, 0.3) is 5.91 Å². The molecule has 2 fully saturated rings. The number of amides is 2. The Hall–Kier alpha value is -2.11. The summed E-state index contributed by atoms with van der Waals surface area (Å²) in [5.41, 5.74) is 0. The topological polar surface area (TPSA) is 96.9 Å². The first-order valence-electron chi connectivity index (χ1n) is 10.1. The van der Waals surface area contributed by atoms with E-state index in [-0.39, 0.29) is 48.6 Å². The Labute approximate surface area is 186 Å². The molecule has 1 aromatic rings. The fourth-order valence-corrected chi connectivity index (χ4v) is 3.98. The lowest BCUT2D eigenvalue weighted by Gasteiger charge is -2.38. The molecule has 7 nitrogen and oxygen atoms in total. The lowest BCUT2D eigenvalue weighted by atomic mass is 9.82. The van der Waals surface area contributed by atoms with E-state index >= 15 is 0 Å². The fraction of sp³-hybridized carbons (Fsp3) is 0.600. The van der Waals surface area contributed by atoms with Crippen LogP contribution in [0.25, 0.3) is 0 Å². The normalized spacial score (nSPS) is 27.9. The lowest BCUT2D eigenvalue weighted by molar-refractivity contribution is -0.351. The van der Waals surface area contributed by atoms with Crippen LogP contribution >= 0.6 is 11.6 Å². The first-order valence-corrected chi connectivity index (χ1v) is 10.5. The maximum absolute atomic E-state index is 13.1. The zero-order valence-corrected chi connectivity index (χ0v) is 17.6. The molecule has 0 aliphatic heterocycles. The third kappa shape index (κ3) is 6.94. The van der Waals surface area contributed by atoms with Crippen LogP contribution in [0.4, 0.5) is 17.6 Å². The standard InChI is InChI=1S/C20H23ClF4N2O5/c21-14-8-12(2-3-15(14)22)31-9-18(29)27-16-4-1-10(5-17(16)28)19(30)26-11-6-13(7-11)32-20(23,24)25/h2-3,8,10-11,13,16-17,28H,1,4-7,9H2,(H,26,30)(H,27,29)/t10-,11?,13?,16-,17-/m0/s1. The molecule has 1 aromatic carbocycles. The highest BCUT2D eigenvalue weighted by Gasteiger charge is 2.41. The van der Waals surface area contributed by atoms with Gasteiger partial charge >= 0.3 is 6.36 Å². The van der Waals surface area contributed by atoms with Gasteiger partial charge in [-0.2, -0.15) is 0 Å². The number of carbonyl (C=O) groups is 2. The van der Waals surface area contributed by atoms with Gasteiger partial charge in [0.15, 0.2) is 6.61 Å². The maximum atomic E-state index is 13.1. The summed E-state index contributed by atoms with van der Waals surface area (Å²) in [6.07, 6.45) is -5.59. The van der Waals surface area contributed by atoms with Gasteiger partial charge in [-0.1, -0.05) is 11.6 Å². The third-order valence-electron chi connectivity index (χ3n) is 5.54. The summed E-state index contributed by atoms with van der Waals surface area (Å²) in [6, 6.07) is 2.72. The molecule has 12 heteroatoms. The van der Waals surface area contributed by atoms with Crippen molar-refractivity contribution in [2.45, 2.75) is 62.8 Å². The predicted molar refractivity (Wildman–Crippen MR) is 104 cm³/mol. The number of hydrogen-bond donors (Lipinski definition) is 3. The van der Waals surface area contributed by atoms with Crippen LogP contribution in [0, 0.1) is 11.7 Å². The Morgan fingerprint density at radius 1 is 1.16 bits per heavy atom. The molecule has 0 radical (unpaired) electrons. The van der Waals surface area contributed by atoms with Crippen LogP contribution in [0.3, 0.4) is 0 Å². The molecule has 2 aliphatic rings. The highest BCUT2D eigenvalue weighted by atomic mass is 35.5. The van der Waals surface area contributed by atoms with Crippen molar-refractivity contribution < 1.29 is 41.7 Å². The van der Waals surface area contributed by atoms with Crippen LogP contribution in [0.1, 0.15) is 32.1 Å². The van der Waals surface area contributed by atoms with E-state index in [1.807, 2.05) is 0 Å². The molecular formula is C20H23ClF4N2O5. The van der Waals surface area contributed by atoms with Crippen LogP contribution < -0.4 is 15.4 Å². The van der Waals surface area contributed by atoms with E-state index in [1.54, 1.807) is 0 Å². The summed E-state index contributed by atoms with van der Waals surface area (Å²) in [7, 11) is 0. The molecule has 0 unspecified atom stereocenters. The Balaban J connectivity index is 1.37. The van der Waals surface area contributed by atoms with Crippen molar-refractivity contribution in [3.8, 4) is 5.75 Å². The number of benzene rings is 1. The monoisotopic (exact) mass is 482 g/mol. The van der Waals surface area contributed by atoms with Gasteiger partial charge in [0.1, 0.15) is 11.6 Å². The number of aliphatic hydroxyl groups is 1. The molecule has 2 amide bonds. The maximum Gasteiger partial charge on any atom is 0.522 e. The zero-order chi connectivity index (χ0) is 23.5. The number of hydrogen-bond acceptors (Lipinski definition) is 5. The van der Waals surface area contributed by atoms with E-state index in [0.717, 1.165) is 6.07 Å². The Morgan fingerprint density at radius 2 is 1.88 bits per heavy atom. The summed E-state index contributed by atoms with van der Waals surface area (Å²) in [6.45, 7) is -0.363. The molecular weight excluding hydrogens is 460 g/mol. The average Bonchev–Trinajstić information content (AvgIpc) is 2.67. The summed E-state index contributed by atoms with van der Waals surface area (Å²) in [5, 5.41) is 15.5. The minimum atomic E-state index is -4.69. The Bertz CT molecular complexity index is 835. The lowest BCUT2D eigenvalue weighted by Crippen LogP contribution is -2.53. The van der Waals surface area contributed by atoms with Gasteiger partial charge in [0.2, 0.25) is 5.91 Å². The van der Waals surface area contributed by atoms with Gasteiger partial charge in [-0.05, 0) is 44.2 Å². The Morgan fingerprint density at radius 3 is 2.50 bits per heavy atom. The van der Waals surface area contributed by atoms with Gasteiger partial charge in [0.05, 0.1) is 23.3 Å². The minimum absolute atomic E-state index is 0.0818. The summed E-state index contributed by atoms with van der Waals surface area (Å²) < 4.78 is 58.7. The van der Waals surface area contributed by atoms with Crippen LogP contribution in [0.2, 0.25) is 5.02 Å². The second-order valence-electron chi connectivity index (χ2n) is 7.98. The number of carbonyl (C=O) groups excluding carboxylic acids is 2. The van der Waals surface area contributed by atoms with Crippen molar-refractivity contribution in [3.05, 3.63) is 29.0 Å². The van der Waals surface area contributed by atoms with Crippen molar-refractivity contribution in [2.24, 2.45) is 5.92 Å². The van der Waals surface area contributed by atoms with Crippen LogP contribution in [-0.4, -0.2) is 54.2 Å². The van der Waals surface area contributed by atoms with Gasteiger partial charge in [-0.3, -0.25) is 14.3 Å². The third-order valence-corrected chi connectivity index (χ3v) is 5.83. The molecule has 3 rings (SSSR count). The van der Waals surface area contributed by atoms with Crippen LogP contribution in [0.15, 0.2) is 18.2 Å². The molecule has 2 saturated carbocycles. The van der Waals surface area contributed by atoms with Crippen molar-refractivity contribution in [2.75, 3.05) is 6.61 Å². The first-order chi connectivity index (χ1) is 15.0. The number of rotatable bonds is 7. The van der Waals surface area contributed by atoms with E-state index in [2.05, 4.69) is 15.4 Å². The average molecular weight is 483 g/mol. The zero-order valence-electron chi connectivity index (χ0n) is 16.8.